The Bertz CT molecular complexity index is 809. The van der Waals surface area contributed by atoms with Crippen LogP contribution in [0.1, 0.15) is 30.3 Å². The molecule has 0 N–H and O–H groups in total. The van der Waals surface area contributed by atoms with Crippen LogP contribution in [0.2, 0.25) is 0 Å². The molecule has 1 fully saturated rings. The molecule has 150 valence electrons. The lowest BCUT2D eigenvalue weighted by molar-refractivity contribution is -0.133. The Hall–Kier alpha value is -1.99. The second kappa shape index (κ2) is 9.01. The van der Waals surface area contributed by atoms with E-state index in [0.29, 0.717) is 6.54 Å². The lowest BCUT2D eigenvalue weighted by atomic mass is 10.1. The smallest absolute Gasteiger partial charge is 0.237 e. The van der Waals surface area contributed by atoms with Gasteiger partial charge in [0.05, 0.1) is 6.54 Å². The van der Waals surface area contributed by atoms with Gasteiger partial charge in [0.2, 0.25) is 5.91 Å². The molecule has 0 bridgehead atoms. The number of carbonyl (C=O) groups is 1. The summed E-state index contributed by atoms with van der Waals surface area (Å²) in [5.74, 6) is -0.859. The molecule has 1 aliphatic heterocycles. The molecule has 3 nitrogen and oxygen atoms in total. The fraction of sp³-hybridized carbons (Fsp3) is 0.381. The van der Waals surface area contributed by atoms with Crippen molar-refractivity contribution in [2.45, 2.75) is 31.8 Å². The van der Waals surface area contributed by atoms with Crippen LogP contribution in [0.25, 0.3) is 0 Å². The number of hydrogen-bond donors (Lipinski definition) is 0. The number of thioether (sulfide) groups is 1. The van der Waals surface area contributed by atoms with Crippen molar-refractivity contribution in [2.75, 3.05) is 18.8 Å². The van der Waals surface area contributed by atoms with Crippen LogP contribution in [0.4, 0.5) is 13.2 Å². The molecule has 0 aliphatic carbocycles. The fourth-order valence-electron chi connectivity index (χ4n) is 3.20. The number of benzene rings is 2. The van der Waals surface area contributed by atoms with E-state index < -0.39 is 11.6 Å². The predicted molar refractivity (Wildman–Crippen MR) is 105 cm³/mol. The van der Waals surface area contributed by atoms with Crippen molar-refractivity contribution in [1.29, 1.82) is 0 Å². The molecule has 1 atom stereocenters. The summed E-state index contributed by atoms with van der Waals surface area (Å²) < 4.78 is 41.3. The topological polar surface area (TPSA) is 23.6 Å². The monoisotopic (exact) mass is 408 g/mol. The summed E-state index contributed by atoms with van der Waals surface area (Å²) in [5.41, 5.74) is 0.836. The minimum absolute atomic E-state index is 0.0180. The molecule has 1 saturated heterocycles. The van der Waals surface area contributed by atoms with Gasteiger partial charge in [-0.25, -0.2) is 13.2 Å². The van der Waals surface area contributed by atoms with Crippen molar-refractivity contribution in [3.05, 3.63) is 71.0 Å². The number of hydrogen-bond acceptors (Lipinski definition) is 3. The Labute approximate surface area is 167 Å². The molecule has 2 aromatic carbocycles. The van der Waals surface area contributed by atoms with Gasteiger partial charge in [-0.1, -0.05) is 18.2 Å². The van der Waals surface area contributed by atoms with Crippen molar-refractivity contribution < 1.29 is 18.0 Å². The lowest BCUT2D eigenvalue weighted by Gasteiger charge is -2.30. The normalized spacial score (nSPS) is 17.0. The molecule has 1 heterocycles. The minimum atomic E-state index is -0.612. The van der Waals surface area contributed by atoms with E-state index in [9.17, 15) is 18.0 Å². The number of nitrogens with zero attached hydrogens (tertiary/aromatic N) is 2. The highest BCUT2D eigenvalue weighted by molar-refractivity contribution is 7.99. The van der Waals surface area contributed by atoms with Crippen molar-refractivity contribution in [3.8, 4) is 0 Å². The predicted octanol–water partition coefficient (Wildman–Crippen LogP) is 4.59. The van der Waals surface area contributed by atoms with Gasteiger partial charge in [0, 0.05) is 30.4 Å². The molecule has 3 rings (SSSR count). The summed E-state index contributed by atoms with van der Waals surface area (Å²) in [4.78, 5) is 16.5. The summed E-state index contributed by atoms with van der Waals surface area (Å²) >= 11 is 1.63. The number of halogens is 3. The van der Waals surface area contributed by atoms with E-state index in [0.717, 1.165) is 11.3 Å². The van der Waals surface area contributed by atoms with Crippen molar-refractivity contribution in [2.24, 2.45) is 0 Å². The molecule has 1 amide bonds. The molecule has 0 spiro atoms. The van der Waals surface area contributed by atoms with E-state index >= 15 is 0 Å². The number of carbonyl (C=O) groups excluding carboxylic acids is 1. The zero-order valence-corrected chi connectivity index (χ0v) is 16.7. The Morgan fingerprint density at radius 2 is 1.79 bits per heavy atom. The van der Waals surface area contributed by atoms with Gasteiger partial charge < -0.3 is 4.90 Å². The Kier molecular flexibility index (Phi) is 6.67. The molecule has 0 aromatic heterocycles. The van der Waals surface area contributed by atoms with E-state index in [-0.39, 0.29) is 41.8 Å². The highest BCUT2D eigenvalue weighted by Crippen LogP contribution is 2.38. The molecule has 0 saturated carbocycles. The molecule has 0 radical (unpaired) electrons. The van der Waals surface area contributed by atoms with Crippen LogP contribution in [-0.2, 0) is 11.3 Å². The maximum Gasteiger partial charge on any atom is 0.237 e. The molecule has 2 aromatic rings. The second-order valence-electron chi connectivity index (χ2n) is 7.06. The first-order valence-corrected chi connectivity index (χ1v) is 10.2. The average Bonchev–Trinajstić information content (AvgIpc) is 3.14. The number of rotatable bonds is 6. The third-order valence-electron chi connectivity index (χ3n) is 4.86. The third-order valence-corrected chi connectivity index (χ3v) is 6.12. The highest BCUT2D eigenvalue weighted by atomic mass is 32.2. The van der Waals surface area contributed by atoms with Gasteiger partial charge in [0.15, 0.2) is 0 Å². The van der Waals surface area contributed by atoms with Crippen molar-refractivity contribution >= 4 is 17.7 Å². The Balaban J connectivity index is 1.74. The molecule has 7 heteroatoms. The van der Waals surface area contributed by atoms with Gasteiger partial charge in [-0.05, 0) is 43.7 Å². The van der Waals surface area contributed by atoms with E-state index in [2.05, 4.69) is 0 Å². The largest absolute Gasteiger partial charge is 0.325 e. The molecular formula is C21H23F3N2OS. The maximum absolute atomic E-state index is 14.0. The highest BCUT2D eigenvalue weighted by Gasteiger charge is 2.32. The third kappa shape index (κ3) is 4.70. The van der Waals surface area contributed by atoms with E-state index in [1.807, 2.05) is 13.8 Å². The van der Waals surface area contributed by atoms with Crippen LogP contribution in [-0.4, -0.2) is 40.6 Å². The van der Waals surface area contributed by atoms with Gasteiger partial charge in [-0.2, -0.15) is 0 Å². The quantitative estimate of drug-likeness (QED) is 0.699. The van der Waals surface area contributed by atoms with Crippen molar-refractivity contribution in [1.82, 2.24) is 9.80 Å². The fourth-order valence-corrected chi connectivity index (χ4v) is 4.48. The Morgan fingerprint density at radius 1 is 1.14 bits per heavy atom. The van der Waals surface area contributed by atoms with Crippen LogP contribution >= 0.6 is 11.8 Å². The Morgan fingerprint density at radius 3 is 2.39 bits per heavy atom. The molecule has 1 aliphatic rings. The summed E-state index contributed by atoms with van der Waals surface area (Å²) in [6.07, 6.45) is 0. The standard InChI is InChI=1S/C21H23F3N2OS/c1-14(2)25(12-17-18(23)4-3-5-19(17)24)13-20(27)26-10-11-28-21(26)15-6-8-16(22)9-7-15/h3-9,14,21H,10-13H2,1-2H3/t21-/m1/s1. The lowest BCUT2D eigenvalue weighted by Crippen LogP contribution is -2.42. The second-order valence-corrected chi connectivity index (χ2v) is 8.25. The van der Waals surface area contributed by atoms with E-state index in [1.165, 1.54) is 30.3 Å². The van der Waals surface area contributed by atoms with Crippen LogP contribution in [0.5, 0.6) is 0 Å². The minimum Gasteiger partial charge on any atom is -0.325 e. The summed E-state index contributed by atoms with van der Waals surface area (Å²) in [7, 11) is 0. The van der Waals surface area contributed by atoms with Crippen molar-refractivity contribution in [3.63, 3.8) is 0 Å². The summed E-state index contributed by atoms with van der Waals surface area (Å²) in [6.45, 7) is 4.45. The van der Waals surface area contributed by atoms with E-state index in [1.54, 1.807) is 33.7 Å². The van der Waals surface area contributed by atoms with Gasteiger partial charge in [0.1, 0.15) is 22.8 Å². The van der Waals surface area contributed by atoms with Gasteiger partial charge >= 0.3 is 0 Å². The first-order valence-electron chi connectivity index (χ1n) is 9.20. The number of amides is 1. The molecule has 0 unspecified atom stereocenters. The van der Waals surface area contributed by atoms with Gasteiger partial charge in [0.25, 0.3) is 0 Å². The van der Waals surface area contributed by atoms with Gasteiger partial charge in [-0.15, -0.1) is 11.8 Å². The van der Waals surface area contributed by atoms with Crippen LogP contribution in [0.3, 0.4) is 0 Å². The maximum atomic E-state index is 14.0. The van der Waals surface area contributed by atoms with E-state index in [4.69, 9.17) is 0 Å². The molecular weight excluding hydrogens is 385 g/mol. The zero-order chi connectivity index (χ0) is 20.3. The first kappa shape index (κ1) is 20.7. The summed E-state index contributed by atoms with van der Waals surface area (Å²) in [5, 5.41) is -0.174. The first-order chi connectivity index (χ1) is 13.4. The zero-order valence-electron chi connectivity index (χ0n) is 15.9. The summed E-state index contributed by atoms with van der Waals surface area (Å²) in [6, 6.07) is 9.86. The SMILES string of the molecule is CC(C)N(CC(=O)N1CCS[C@@H]1c1ccc(F)cc1)Cc1c(F)cccc1F. The van der Waals surface area contributed by atoms with Gasteiger partial charge in [-0.3, -0.25) is 9.69 Å². The molecule has 28 heavy (non-hydrogen) atoms. The average molecular weight is 408 g/mol. The van der Waals surface area contributed by atoms with Crippen LogP contribution in [0.15, 0.2) is 42.5 Å². The van der Waals surface area contributed by atoms with Crippen LogP contribution in [0, 0.1) is 17.5 Å². The van der Waals surface area contributed by atoms with Crippen LogP contribution < -0.4 is 0 Å².